The van der Waals surface area contributed by atoms with Gasteiger partial charge in [-0.05, 0) is 24.3 Å². The molecular weight excluding hydrogens is 406 g/mol. The Bertz CT molecular complexity index is 1170. The number of hydrogen-bond donors (Lipinski definition) is 1. The zero-order valence-electron chi connectivity index (χ0n) is 12.6. The predicted octanol–water partition coefficient (Wildman–Crippen LogP) is 3.39. The van der Waals surface area contributed by atoms with E-state index in [0.717, 1.165) is 14.7 Å². The van der Waals surface area contributed by atoms with E-state index in [0.29, 0.717) is 21.6 Å². The molecule has 0 radical (unpaired) electrons. The van der Waals surface area contributed by atoms with Crippen molar-refractivity contribution in [3.8, 4) is 5.13 Å². The lowest BCUT2D eigenvalue weighted by molar-refractivity contribution is -0.136. The average molecular weight is 416 g/mol. The summed E-state index contributed by atoms with van der Waals surface area (Å²) in [5, 5.41) is 14.8. The molecule has 0 unspecified atom stereocenters. The molecule has 6 nitrogen and oxygen atoms in total. The first kappa shape index (κ1) is 15.9. The number of halogens is 1. The standard InChI is InChI=1S/C17H10BrN3O3S/c18-9-5-6-10-11(7-9)16(24)21(20-13(10)8-15(22)23)17-19-12-3-1-2-4-14(12)25-17/h1-7H,8H2,(H,22,23). The quantitative estimate of drug-likeness (QED) is 0.554. The van der Waals surface area contributed by atoms with E-state index in [4.69, 9.17) is 0 Å². The minimum atomic E-state index is -1.01. The molecule has 0 aliphatic rings. The Morgan fingerprint density at radius 2 is 2.00 bits per heavy atom. The summed E-state index contributed by atoms with van der Waals surface area (Å²) in [5.41, 5.74) is 0.767. The van der Waals surface area contributed by atoms with Crippen LogP contribution in [0.15, 0.2) is 51.7 Å². The molecule has 0 saturated heterocycles. The summed E-state index contributed by atoms with van der Waals surface area (Å²) in [6, 6.07) is 12.7. The summed E-state index contributed by atoms with van der Waals surface area (Å²) < 4.78 is 2.86. The highest BCUT2D eigenvalue weighted by Gasteiger charge is 2.16. The molecule has 4 aromatic rings. The first-order valence-corrected chi connectivity index (χ1v) is 8.93. The molecule has 2 aromatic carbocycles. The van der Waals surface area contributed by atoms with E-state index in [1.54, 1.807) is 18.2 Å². The first-order chi connectivity index (χ1) is 12.0. The summed E-state index contributed by atoms with van der Waals surface area (Å²) >= 11 is 4.69. The Labute approximate surface area is 153 Å². The summed E-state index contributed by atoms with van der Waals surface area (Å²) in [6.07, 6.45) is -0.274. The van der Waals surface area contributed by atoms with Crippen molar-refractivity contribution in [3.05, 3.63) is 63.0 Å². The molecule has 4 rings (SSSR count). The topological polar surface area (TPSA) is 85.1 Å². The Hall–Kier alpha value is -2.58. The number of carboxylic acids is 1. The summed E-state index contributed by atoms with van der Waals surface area (Å²) in [6.45, 7) is 0. The molecule has 124 valence electrons. The van der Waals surface area contributed by atoms with Crippen LogP contribution in [-0.4, -0.2) is 25.8 Å². The highest BCUT2D eigenvalue weighted by Crippen LogP contribution is 2.25. The van der Waals surface area contributed by atoms with E-state index in [1.165, 1.54) is 16.0 Å². The number of aliphatic carboxylic acids is 1. The second kappa shape index (κ2) is 6.05. The number of carboxylic acid groups (broad SMARTS) is 1. The monoisotopic (exact) mass is 415 g/mol. The Morgan fingerprint density at radius 3 is 2.76 bits per heavy atom. The van der Waals surface area contributed by atoms with Gasteiger partial charge in [-0.25, -0.2) is 4.98 Å². The van der Waals surface area contributed by atoms with E-state index >= 15 is 0 Å². The van der Waals surface area contributed by atoms with Crippen LogP contribution in [0.4, 0.5) is 0 Å². The predicted molar refractivity (Wildman–Crippen MR) is 99.6 cm³/mol. The van der Waals surface area contributed by atoms with Crippen molar-refractivity contribution in [1.82, 2.24) is 14.8 Å². The maximum absolute atomic E-state index is 12.9. The number of aromatic nitrogens is 3. The minimum Gasteiger partial charge on any atom is -0.481 e. The van der Waals surface area contributed by atoms with E-state index < -0.39 is 5.97 Å². The van der Waals surface area contributed by atoms with Gasteiger partial charge in [0.2, 0.25) is 5.13 Å². The van der Waals surface area contributed by atoms with Crippen molar-refractivity contribution >= 4 is 54.2 Å². The van der Waals surface area contributed by atoms with Crippen molar-refractivity contribution in [2.24, 2.45) is 0 Å². The van der Waals surface area contributed by atoms with Crippen molar-refractivity contribution in [1.29, 1.82) is 0 Å². The van der Waals surface area contributed by atoms with Crippen LogP contribution in [0.1, 0.15) is 5.69 Å². The summed E-state index contributed by atoms with van der Waals surface area (Å²) in [5.74, 6) is -1.01. The van der Waals surface area contributed by atoms with Gasteiger partial charge in [0.1, 0.15) is 0 Å². The molecule has 0 spiro atoms. The molecule has 0 amide bonds. The van der Waals surface area contributed by atoms with Gasteiger partial charge >= 0.3 is 5.97 Å². The van der Waals surface area contributed by atoms with Gasteiger partial charge in [-0.15, -0.1) is 0 Å². The number of thiazole rings is 1. The molecule has 0 aliphatic heterocycles. The summed E-state index contributed by atoms with van der Waals surface area (Å²) in [4.78, 5) is 28.6. The third kappa shape index (κ3) is 2.83. The molecule has 25 heavy (non-hydrogen) atoms. The van der Waals surface area contributed by atoms with E-state index in [1.807, 2.05) is 24.3 Å². The molecule has 0 fully saturated rings. The van der Waals surface area contributed by atoms with Gasteiger partial charge in [-0.3, -0.25) is 9.59 Å². The van der Waals surface area contributed by atoms with Crippen LogP contribution in [0.25, 0.3) is 26.1 Å². The van der Waals surface area contributed by atoms with Gasteiger partial charge < -0.3 is 5.11 Å². The zero-order chi connectivity index (χ0) is 17.6. The van der Waals surface area contributed by atoms with Crippen molar-refractivity contribution in [2.45, 2.75) is 6.42 Å². The number of rotatable bonds is 3. The van der Waals surface area contributed by atoms with Crippen LogP contribution < -0.4 is 5.56 Å². The fourth-order valence-electron chi connectivity index (χ4n) is 2.63. The number of carbonyl (C=O) groups is 1. The van der Waals surface area contributed by atoms with Gasteiger partial charge in [0.15, 0.2) is 0 Å². The van der Waals surface area contributed by atoms with Crippen LogP contribution >= 0.6 is 27.3 Å². The number of hydrogen-bond acceptors (Lipinski definition) is 5. The maximum Gasteiger partial charge on any atom is 0.309 e. The second-order valence-electron chi connectivity index (χ2n) is 5.39. The molecule has 2 heterocycles. The lowest BCUT2D eigenvalue weighted by Gasteiger charge is -2.08. The molecule has 0 saturated carbocycles. The maximum atomic E-state index is 12.9. The molecule has 8 heteroatoms. The summed E-state index contributed by atoms with van der Waals surface area (Å²) in [7, 11) is 0. The van der Waals surface area contributed by atoms with Crippen LogP contribution in [0.2, 0.25) is 0 Å². The SMILES string of the molecule is O=C(O)Cc1nn(-c2nc3ccccc3s2)c(=O)c2cc(Br)ccc12. The Kier molecular flexibility index (Phi) is 3.85. The van der Waals surface area contributed by atoms with E-state index in [2.05, 4.69) is 26.0 Å². The normalized spacial score (nSPS) is 11.2. The second-order valence-corrected chi connectivity index (χ2v) is 7.31. The number of nitrogens with zero attached hydrogens (tertiary/aromatic N) is 3. The molecule has 0 aliphatic carbocycles. The van der Waals surface area contributed by atoms with Crippen molar-refractivity contribution in [2.75, 3.05) is 0 Å². The fraction of sp³-hybridized carbons (Fsp3) is 0.0588. The average Bonchev–Trinajstić information content (AvgIpc) is 3.00. The fourth-order valence-corrected chi connectivity index (χ4v) is 3.91. The van der Waals surface area contributed by atoms with E-state index in [9.17, 15) is 14.7 Å². The third-order valence-electron chi connectivity index (χ3n) is 3.72. The number of para-hydroxylation sites is 1. The van der Waals surface area contributed by atoms with Gasteiger partial charge in [0.05, 0.1) is 27.7 Å². The van der Waals surface area contributed by atoms with Crippen LogP contribution in [0.5, 0.6) is 0 Å². The van der Waals surface area contributed by atoms with Crippen LogP contribution in [-0.2, 0) is 11.2 Å². The highest BCUT2D eigenvalue weighted by atomic mass is 79.9. The van der Waals surface area contributed by atoms with E-state index in [-0.39, 0.29) is 12.0 Å². The smallest absolute Gasteiger partial charge is 0.309 e. The third-order valence-corrected chi connectivity index (χ3v) is 5.22. The largest absolute Gasteiger partial charge is 0.481 e. The van der Waals surface area contributed by atoms with Gasteiger partial charge in [0.25, 0.3) is 5.56 Å². The van der Waals surface area contributed by atoms with Gasteiger partial charge in [-0.2, -0.15) is 9.78 Å². The van der Waals surface area contributed by atoms with Gasteiger partial charge in [0, 0.05) is 9.86 Å². The molecular formula is C17H10BrN3O3S. The Balaban J connectivity index is 2.04. The molecule has 0 atom stereocenters. The molecule has 0 bridgehead atoms. The van der Waals surface area contributed by atoms with Crippen molar-refractivity contribution < 1.29 is 9.90 Å². The number of benzene rings is 2. The number of fused-ring (bicyclic) bond motifs is 2. The minimum absolute atomic E-state index is 0.274. The Morgan fingerprint density at radius 1 is 1.20 bits per heavy atom. The van der Waals surface area contributed by atoms with Gasteiger partial charge in [-0.1, -0.05) is 45.5 Å². The highest BCUT2D eigenvalue weighted by molar-refractivity contribution is 9.10. The van der Waals surface area contributed by atoms with Crippen LogP contribution in [0, 0.1) is 0 Å². The molecule has 2 aromatic heterocycles. The zero-order valence-corrected chi connectivity index (χ0v) is 15.0. The molecule has 1 N–H and O–H groups in total. The lowest BCUT2D eigenvalue weighted by atomic mass is 10.1. The first-order valence-electron chi connectivity index (χ1n) is 7.32. The van der Waals surface area contributed by atoms with Crippen LogP contribution in [0.3, 0.4) is 0 Å². The lowest BCUT2D eigenvalue weighted by Crippen LogP contribution is -2.24. The van der Waals surface area contributed by atoms with Crippen molar-refractivity contribution in [3.63, 3.8) is 0 Å².